The Morgan fingerprint density at radius 1 is 1.36 bits per heavy atom. The van der Waals surface area contributed by atoms with Crippen LogP contribution >= 0.6 is 11.6 Å². The highest BCUT2D eigenvalue weighted by Gasteiger charge is 2.23. The van der Waals surface area contributed by atoms with Crippen LogP contribution in [-0.4, -0.2) is 56.2 Å². The summed E-state index contributed by atoms with van der Waals surface area (Å²) in [5.41, 5.74) is 0.348. The van der Waals surface area contributed by atoms with Gasteiger partial charge in [0.1, 0.15) is 0 Å². The average Bonchev–Trinajstić information content (AvgIpc) is 2.49. The summed E-state index contributed by atoms with van der Waals surface area (Å²) in [7, 11) is -3.35. The molecule has 0 aliphatic carbocycles. The van der Waals surface area contributed by atoms with Crippen molar-refractivity contribution in [2.45, 2.75) is 0 Å². The van der Waals surface area contributed by atoms with Crippen molar-refractivity contribution < 1.29 is 18.1 Å². The van der Waals surface area contributed by atoms with Crippen LogP contribution in [0.25, 0.3) is 0 Å². The minimum atomic E-state index is -3.35. The number of nitrogens with zero attached hydrogens (tertiary/aromatic N) is 2. The number of nitrogens with one attached hydrogen (secondary N) is 1. The van der Waals surface area contributed by atoms with E-state index in [0.717, 1.165) is 0 Å². The lowest BCUT2D eigenvalue weighted by atomic mass is 10.3. The van der Waals surface area contributed by atoms with Gasteiger partial charge in [0.2, 0.25) is 10.0 Å². The molecule has 1 heterocycles. The Hall–Kier alpha value is -1.42. The molecule has 1 fully saturated rings. The van der Waals surface area contributed by atoms with E-state index in [1.54, 1.807) is 0 Å². The largest absolute Gasteiger partial charge is 0.383 e. The third-order valence-electron chi connectivity index (χ3n) is 3.20. The summed E-state index contributed by atoms with van der Waals surface area (Å²) in [4.78, 5) is 10.1. The van der Waals surface area contributed by atoms with Gasteiger partial charge < -0.3 is 10.1 Å². The third-order valence-corrected chi connectivity index (χ3v) is 5.39. The highest BCUT2D eigenvalue weighted by atomic mass is 35.5. The second kappa shape index (κ2) is 7.23. The number of ether oxygens (including phenoxy) is 1. The van der Waals surface area contributed by atoms with E-state index < -0.39 is 14.9 Å². The van der Waals surface area contributed by atoms with Crippen LogP contribution in [0.3, 0.4) is 0 Å². The molecule has 0 saturated carbocycles. The molecule has 0 radical (unpaired) electrons. The molecular weight excluding hydrogens is 334 g/mol. The highest BCUT2D eigenvalue weighted by molar-refractivity contribution is 7.89. The maximum Gasteiger partial charge on any atom is 0.271 e. The summed E-state index contributed by atoms with van der Waals surface area (Å²) in [6.45, 7) is 1.69. The van der Waals surface area contributed by atoms with E-state index in [4.69, 9.17) is 16.3 Å². The molecule has 0 unspecified atom stereocenters. The Morgan fingerprint density at radius 2 is 2.05 bits per heavy atom. The smallest absolute Gasteiger partial charge is 0.271 e. The van der Waals surface area contributed by atoms with Gasteiger partial charge in [-0.1, -0.05) is 11.6 Å². The van der Waals surface area contributed by atoms with Crippen molar-refractivity contribution in [1.82, 2.24) is 4.31 Å². The zero-order chi connectivity index (χ0) is 16.2. The van der Waals surface area contributed by atoms with Gasteiger partial charge in [0.25, 0.3) is 5.69 Å². The molecule has 0 aromatic heterocycles. The molecule has 1 aromatic rings. The zero-order valence-corrected chi connectivity index (χ0v) is 13.3. The van der Waals surface area contributed by atoms with Gasteiger partial charge in [-0.05, 0) is 6.07 Å². The monoisotopic (exact) mass is 349 g/mol. The Balaban J connectivity index is 1.91. The fraction of sp³-hybridized carbons (Fsp3) is 0.500. The van der Waals surface area contributed by atoms with Crippen molar-refractivity contribution >= 4 is 33.0 Å². The number of anilines is 1. The van der Waals surface area contributed by atoms with Crippen LogP contribution in [0.5, 0.6) is 0 Å². The molecule has 22 heavy (non-hydrogen) atoms. The fourth-order valence-corrected chi connectivity index (χ4v) is 3.59. The van der Waals surface area contributed by atoms with Crippen LogP contribution in [0.15, 0.2) is 18.2 Å². The van der Waals surface area contributed by atoms with Crippen LogP contribution in [0.1, 0.15) is 0 Å². The van der Waals surface area contributed by atoms with Crippen LogP contribution in [0, 0.1) is 10.1 Å². The first-order chi connectivity index (χ1) is 10.4. The number of sulfonamides is 1. The van der Waals surface area contributed by atoms with Gasteiger partial charge in [-0.2, -0.15) is 4.31 Å². The van der Waals surface area contributed by atoms with Crippen LogP contribution in [0.2, 0.25) is 5.02 Å². The van der Waals surface area contributed by atoms with Crippen LogP contribution < -0.4 is 5.32 Å². The number of halogens is 1. The quantitative estimate of drug-likeness (QED) is 0.614. The zero-order valence-electron chi connectivity index (χ0n) is 11.7. The summed E-state index contributed by atoms with van der Waals surface area (Å²) < 4.78 is 30.7. The maximum atomic E-state index is 12.1. The van der Waals surface area contributed by atoms with E-state index in [2.05, 4.69) is 5.32 Å². The van der Waals surface area contributed by atoms with Crippen molar-refractivity contribution in [3.8, 4) is 0 Å². The first-order valence-corrected chi connectivity index (χ1v) is 8.62. The molecule has 0 atom stereocenters. The lowest BCUT2D eigenvalue weighted by molar-refractivity contribution is -0.384. The topological polar surface area (TPSA) is 102 Å². The third kappa shape index (κ3) is 4.29. The summed E-state index contributed by atoms with van der Waals surface area (Å²) in [5, 5.41) is 13.7. The number of hydrogen-bond acceptors (Lipinski definition) is 6. The van der Waals surface area contributed by atoms with Gasteiger partial charge >= 0.3 is 0 Å². The molecule has 1 aliphatic rings. The SMILES string of the molecule is O=[N+]([O-])c1ccc(NCCS(=O)(=O)N2CCOCC2)c(Cl)c1. The Bertz CT molecular complexity index is 646. The first kappa shape index (κ1) is 16.9. The average molecular weight is 350 g/mol. The molecule has 0 amide bonds. The molecule has 0 bridgehead atoms. The normalized spacial score (nSPS) is 16.4. The molecule has 122 valence electrons. The maximum absolute atomic E-state index is 12.1. The molecule has 1 saturated heterocycles. The first-order valence-electron chi connectivity index (χ1n) is 6.63. The van der Waals surface area contributed by atoms with Gasteiger partial charge in [0, 0.05) is 31.8 Å². The molecule has 0 spiro atoms. The van der Waals surface area contributed by atoms with Crippen molar-refractivity contribution in [3.05, 3.63) is 33.3 Å². The van der Waals surface area contributed by atoms with E-state index >= 15 is 0 Å². The predicted molar refractivity (Wildman–Crippen MR) is 82.8 cm³/mol. The number of rotatable bonds is 6. The molecule has 1 N–H and O–H groups in total. The lowest BCUT2D eigenvalue weighted by Gasteiger charge is -2.26. The number of hydrogen-bond donors (Lipinski definition) is 1. The van der Waals surface area contributed by atoms with Gasteiger partial charge in [-0.3, -0.25) is 10.1 Å². The number of non-ortho nitro benzene ring substituents is 1. The van der Waals surface area contributed by atoms with Crippen molar-refractivity contribution in [2.24, 2.45) is 0 Å². The molecule has 10 heteroatoms. The molecule has 8 nitrogen and oxygen atoms in total. The van der Waals surface area contributed by atoms with Crippen LogP contribution in [0.4, 0.5) is 11.4 Å². The van der Waals surface area contributed by atoms with E-state index in [1.165, 1.54) is 22.5 Å². The number of benzene rings is 1. The summed E-state index contributed by atoms with van der Waals surface area (Å²) in [6.07, 6.45) is 0. The van der Waals surface area contributed by atoms with E-state index in [0.29, 0.717) is 32.0 Å². The van der Waals surface area contributed by atoms with Gasteiger partial charge in [-0.15, -0.1) is 0 Å². The minimum absolute atomic E-state index is 0.0830. The molecular formula is C12H16ClN3O5S. The second-order valence-corrected chi connectivity index (χ2v) is 7.17. The van der Waals surface area contributed by atoms with Gasteiger partial charge in [-0.25, -0.2) is 8.42 Å². The molecule has 1 aromatic carbocycles. The van der Waals surface area contributed by atoms with Crippen molar-refractivity contribution in [3.63, 3.8) is 0 Å². The minimum Gasteiger partial charge on any atom is -0.383 e. The number of nitro groups is 1. The van der Waals surface area contributed by atoms with Crippen molar-refractivity contribution in [1.29, 1.82) is 0 Å². The van der Waals surface area contributed by atoms with E-state index in [-0.39, 0.29) is 23.0 Å². The molecule has 2 rings (SSSR count). The van der Waals surface area contributed by atoms with Gasteiger partial charge in [0.15, 0.2) is 0 Å². The highest BCUT2D eigenvalue weighted by Crippen LogP contribution is 2.26. The lowest BCUT2D eigenvalue weighted by Crippen LogP contribution is -2.42. The Kier molecular flexibility index (Phi) is 5.57. The van der Waals surface area contributed by atoms with E-state index in [1.807, 2.05) is 0 Å². The van der Waals surface area contributed by atoms with E-state index in [9.17, 15) is 18.5 Å². The van der Waals surface area contributed by atoms with Gasteiger partial charge in [0.05, 0.1) is 34.6 Å². The molecule has 1 aliphatic heterocycles. The number of nitro benzene ring substituents is 1. The standard InChI is InChI=1S/C12H16ClN3O5S/c13-11-9-10(16(17)18)1-2-12(11)14-3-8-22(19,20)15-4-6-21-7-5-15/h1-2,9,14H,3-8H2. The number of morpholine rings is 1. The van der Waals surface area contributed by atoms with Crippen molar-refractivity contribution in [2.75, 3.05) is 43.9 Å². The summed E-state index contributed by atoms with van der Waals surface area (Å²) >= 11 is 5.93. The summed E-state index contributed by atoms with van der Waals surface area (Å²) in [6, 6.07) is 3.99. The second-order valence-electron chi connectivity index (χ2n) is 4.68. The predicted octanol–water partition coefficient (Wildman–Crippen LogP) is 1.32. The van der Waals surface area contributed by atoms with Crippen LogP contribution in [-0.2, 0) is 14.8 Å². The Morgan fingerprint density at radius 3 is 2.64 bits per heavy atom. The summed E-state index contributed by atoms with van der Waals surface area (Å²) in [5.74, 6) is -0.0830. The fourth-order valence-electron chi connectivity index (χ4n) is 2.03. The Labute approximate surface area is 133 Å².